The third-order valence-electron chi connectivity index (χ3n) is 3.38. The van der Waals surface area contributed by atoms with Gasteiger partial charge in [0, 0.05) is 18.2 Å². The summed E-state index contributed by atoms with van der Waals surface area (Å²) in [4.78, 5) is 24.7. The molecule has 1 aliphatic rings. The van der Waals surface area contributed by atoms with Crippen LogP contribution in [0.1, 0.15) is 19.3 Å². The first-order chi connectivity index (χ1) is 9.58. The highest BCUT2D eigenvalue weighted by atomic mass is 16.5. The number of anilines is 1. The maximum Gasteiger partial charge on any atom is 0.326 e. The molecule has 1 heterocycles. The van der Waals surface area contributed by atoms with E-state index >= 15 is 0 Å². The van der Waals surface area contributed by atoms with Gasteiger partial charge in [0.1, 0.15) is 6.04 Å². The van der Waals surface area contributed by atoms with Crippen LogP contribution in [0.5, 0.6) is 11.5 Å². The third kappa shape index (κ3) is 2.54. The number of aliphatic carboxylic acids is 1. The lowest BCUT2D eigenvalue weighted by Gasteiger charge is -2.33. The van der Waals surface area contributed by atoms with Gasteiger partial charge in [0.15, 0.2) is 11.5 Å². The lowest BCUT2D eigenvalue weighted by Crippen LogP contribution is -2.48. The molecule has 0 aliphatic carbocycles. The average molecular weight is 279 g/mol. The number of ether oxygens (including phenoxy) is 2. The predicted molar refractivity (Wildman–Crippen MR) is 72.3 cm³/mol. The van der Waals surface area contributed by atoms with Crippen LogP contribution in [0.25, 0.3) is 0 Å². The number of hydrogen-bond donors (Lipinski definition) is 1. The largest absolute Gasteiger partial charge is 0.493 e. The molecule has 0 radical (unpaired) electrons. The van der Waals surface area contributed by atoms with E-state index in [4.69, 9.17) is 9.47 Å². The Balaban J connectivity index is 2.41. The van der Waals surface area contributed by atoms with Crippen molar-refractivity contribution in [3.05, 3.63) is 18.2 Å². The Morgan fingerprint density at radius 2 is 2.00 bits per heavy atom. The molecule has 6 heteroatoms. The summed E-state index contributed by atoms with van der Waals surface area (Å²) in [6.07, 6.45) is 1.41. The van der Waals surface area contributed by atoms with Crippen LogP contribution in [0.2, 0.25) is 0 Å². The summed E-state index contributed by atoms with van der Waals surface area (Å²) in [5.41, 5.74) is 0.514. The van der Waals surface area contributed by atoms with Gasteiger partial charge in [-0.25, -0.2) is 4.79 Å². The van der Waals surface area contributed by atoms with Crippen molar-refractivity contribution in [2.24, 2.45) is 0 Å². The van der Waals surface area contributed by atoms with Crippen molar-refractivity contribution in [3.63, 3.8) is 0 Å². The number of benzene rings is 1. The van der Waals surface area contributed by atoms with Gasteiger partial charge in [-0.15, -0.1) is 0 Å². The smallest absolute Gasteiger partial charge is 0.326 e. The number of hydrogen-bond acceptors (Lipinski definition) is 4. The van der Waals surface area contributed by atoms with E-state index in [1.165, 1.54) is 19.1 Å². The summed E-state index contributed by atoms with van der Waals surface area (Å²) in [5.74, 6) is -0.177. The normalized spacial score (nSPS) is 18.8. The molecule has 20 heavy (non-hydrogen) atoms. The Labute approximate surface area is 116 Å². The van der Waals surface area contributed by atoms with Crippen LogP contribution < -0.4 is 14.4 Å². The lowest BCUT2D eigenvalue weighted by molar-refractivity contribution is -0.141. The first-order valence-corrected chi connectivity index (χ1v) is 6.35. The zero-order valence-corrected chi connectivity index (χ0v) is 11.5. The summed E-state index contributed by atoms with van der Waals surface area (Å²) in [6.45, 7) is 0. The summed E-state index contributed by atoms with van der Waals surface area (Å²) >= 11 is 0. The molecule has 1 unspecified atom stereocenters. The van der Waals surface area contributed by atoms with E-state index in [0.29, 0.717) is 36.4 Å². The minimum atomic E-state index is -0.993. The van der Waals surface area contributed by atoms with Gasteiger partial charge in [-0.2, -0.15) is 0 Å². The minimum Gasteiger partial charge on any atom is -0.493 e. The zero-order valence-electron chi connectivity index (χ0n) is 11.5. The molecule has 0 spiro atoms. The number of rotatable bonds is 4. The first kappa shape index (κ1) is 14.2. The fraction of sp³-hybridized carbons (Fsp3) is 0.429. The second-order valence-electron chi connectivity index (χ2n) is 4.55. The standard InChI is InChI=1S/C14H17NO5/c1-19-11-7-6-9(8-12(11)20-2)15-10(14(17)18)4-3-5-13(15)16/h6-8,10H,3-5H2,1-2H3,(H,17,18). The summed E-state index contributed by atoms with van der Waals surface area (Å²) < 4.78 is 10.3. The molecule has 0 saturated carbocycles. The van der Waals surface area contributed by atoms with Crippen molar-refractivity contribution in [3.8, 4) is 11.5 Å². The van der Waals surface area contributed by atoms with Gasteiger partial charge in [0.25, 0.3) is 0 Å². The molecule has 0 bridgehead atoms. The minimum absolute atomic E-state index is 0.184. The summed E-state index contributed by atoms with van der Waals surface area (Å²) in [5, 5.41) is 9.27. The Morgan fingerprint density at radius 3 is 2.60 bits per heavy atom. The van der Waals surface area contributed by atoms with Gasteiger partial charge >= 0.3 is 5.97 Å². The second-order valence-corrected chi connectivity index (χ2v) is 4.55. The van der Waals surface area contributed by atoms with Crippen LogP contribution >= 0.6 is 0 Å². The van der Waals surface area contributed by atoms with Gasteiger partial charge in [-0.05, 0) is 25.0 Å². The molecule has 1 aliphatic heterocycles. The van der Waals surface area contributed by atoms with E-state index in [0.717, 1.165) is 0 Å². The predicted octanol–water partition coefficient (Wildman–Crippen LogP) is 1.67. The monoisotopic (exact) mass is 279 g/mol. The van der Waals surface area contributed by atoms with Crippen molar-refractivity contribution in [1.29, 1.82) is 0 Å². The van der Waals surface area contributed by atoms with Gasteiger partial charge in [0.05, 0.1) is 14.2 Å². The molecule has 1 saturated heterocycles. The van der Waals surface area contributed by atoms with E-state index in [2.05, 4.69) is 0 Å². The molecule has 1 amide bonds. The quantitative estimate of drug-likeness (QED) is 0.907. The molecule has 6 nitrogen and oxygen atoms in total. The van der Waals surface area contributed by atoms with E-state index in [9.17, 15) is 14.7 Å². The van der Waals surface area contributed by atoms with E-state index in [1.54, 1.807) is 18.2 Å². The van der Waals surface area contributed by atoms with E-state index in [1.807, 2.05) is 0 Å². The third-order valence-corrected chi connectivity index (χ3v) is 3.38. The van der Waals surface area contributed by atoms with Crippen molar-refractivity contribution in [1.82, 2.24) is 0 Å². The van der Waals surface area contributed by atoms with Crippen LogP contribution in [0.3, 0.4) is 0 Å². The molecule has 108 valence electrons. The van der Waals surface area contributed by atoms with Crippen molar-refractivity contribution in [2.45, 2.75) is 25.3 Å². The number of carbonyl (C=O) groups is 2. The molecule has 1 atom stereocenters. The van der Waals surface area contributed by atoms with Gasteiger partial charge in [-0.1, -0.05) is 0 Å². The highest BCUT2D eigenvalue weighted by Crippen LogP contribution is 2.34. The lowest BCUT2D eigenvalue weighted by atomic mass is 10.0. The summed E-state index contributed by atoms with van der Waals surface area (Å²) in [7, 11) is 3.01. The Kier molecular flexibility index (Phi) is 4.12. The van der Waals surface area contributed by atoms with Crippen LogP contribution in [-0.4, -0.2) is 37.2 Å². The van der Waals surface area contributed by atoms with E-state index < -0.39 is 12.0 Å². The number of methoxy groups -OCH3 is 2. The number of carboxylic acids is 1. The number of nitrogens with zero attached hydrogens (tertiary/aromatic N) is 1. The van der Waals surface area contributed by atoms with Crippen LogP contribution in [-0.2, 0) is 9.59 Å². The Hall–Kier alpha value is -2.24. The van der Waals surface area contributed by atoms with Crippen molar-refractivity contribution in [2.75, 3.05) is 19.1 Å². The molecular weight excluding hydrogens is 262 g/mol. The number of carboxylic acid groups (broad SMARTS) is 1. The summed E-state index contributed by atoms with van der Waals surface area (Å²) in [6, 6.07) is 4.13. The maximum atomic E-state index is 12.1. The molecule has 1 aromatic rings. The highest BCUT2D eigenvalue weighted by Gasteiger charge is 2.34. The second kappa shape index (κ2) is 5.81. The van der Waals surface area contributed by atoms with Gasteiger partial charge in [0.2, 0.25) is 5.91 Å². The topological polar surface area (TPSA) is 76.1 Å². The maximum absolute atomic E-state index is 12.1. The molecule has 1 N–H and O–H groups in total. The molecule has 1 fully saturated rings. The number of piperidine rings is 1. The average Bonchev–Trinajstić information content (AvgIpc) is 2.46. The fourth-order valence-electron chi connectivity index (χ4n) is 2.40. The SMILES string of the molecule is COc1ccc(N2C(=O)CCCC2C(=O)O)cc1OC. The van der Waals surface area contributed by atoms with E-state index in [-0.39, 0.29) is 5.91 Å². The van der Waals surface area contributed by atoms with Gasteiger partial charge < -0.3 is 14.6 Å². The number of carbonyl (C=O) groups excluding carboxylic acids is 1. The first-order valence-electron chi connectivity index (χ1n) is 6.35. The van der Waals surface area contributed by atoms with Crippen molar-refractivity contribution >= 4 is 17.6 Å². The van der Waals surface area contributed by atoms with Crippen LogP contribution in [0.4, 0.5) is 5.69 Å². The molecule has 2 rings (SSSR count). The molecule has 1 aromatic carbocycles. The van der Waals surface area contributed by atoms with Crippen LogP contribution in [0, 0.1) is 0 Å². The number of amides is 1. The Morgan fingerprint density at radius 1 is 1.30 bits per heavy atom. The van der Waals surface area contributed by atoms with Crippen molar-refractivity contribution < 1.29 is 24.2 Å². The fourth-order valence-corrected chi connectivity index (χ4v) is 2.40. The molecular formula is C14H17NO5. The highest BCUT2D eigenvalue weighted by molar-refractivity contribution is 6.00. The van der Waals surface area contributed by atoms with Crippen LogP contribution in [0.15, 0.2) is 18.2 Å². The Bertz CT molecular complexity index is 528. The molecule has 0 aromatic heterocycles. The van der Waals surface area contributed by atoms with Gasteiger partial charge in [-0.3, -0.25) is 9.69 Å². The zero-order chi connectivity index (χ0) is 14.7.